The number of amides is 1. The van der Waals surface area contributed by atoms with Gasteiger partial charge in [0.15, 0.2) is 11.5 Å². The molecule has 2 aliphatic heterocycles. The Morgan fingerprint density at radius 3 is 2.68 bits per heavy atom. The first kappa shape index (κ1) is 19.5. The van der Waals surface area contributed by atoms with Gasteiger partial charge in [0.25, 0.3) is 0 Å². The zero-order valence-corrected chi connectivity index (χ0v) is 17.3. The van der Waals surface area contributed by atoms with Crippen LogP contribution in [-0.2, 0) is 4.79 Å². The third-order valence-corrected chi connectivity index (χ3v) is 6.39. The minimum atomic E-state index is 0.130. The number of hydrogen-bond acceptors (Lipinski definition) is 4. The van der Waals surface area contributed by atoms with Gasteiger partial charge in [-0.15, -0.1) is 11.8 Å². The SMILES string of the molecule is O=C(CCSc1ccc(Cl)cc1)N1CCCC1c1ccc2c(c1)OCCCO2. The van der Waals surface area contributed by atoms with Gasteiger partial charge in [-0.25, -0.2) is 0 Å². The molecular formula is C22H24ClNO3S. The van der Waals surface area contributed by atoms with Crippen molar-refractivity contribution in [2.75, 3.05) is 25.5 Å². The van der Waals surface area contributed by atoms with Crippen molar-refractivity contribution in [3.63, 3.8) is 0 Å². The van der Waals surface area contributed by atoms with Crippen molar-refractivity contribution in [2.45, 2.75) is 36.6 Å². The molecule has 0 spiro atoms. The van der Waals surface area contributed by atoms with E-state index in [2.05, 4.69) is 12.1 Å². The predicted octanol–water partition coefficient (Wildman–Crippen LogP) is 5.35. The molecule has 2 aliphatic rings. The monoisotopic (exact) mass is 417 g/mol. The van der Waals surface area contributed by atoms with Gasteiger partial charge < -0.3 is 14.4 Å². The van der Waals surface area contributed by atoms with Gasteiger partial charge in [0.1, 0.15) is 0 Å². The Labute approximate surface area is 175 Å². The summed E-state index contributed by atoms with van der Waals surface area (Å²) in [6.07, 6.45) is 3.46. The molecule has 2 aromatic carbocycles. The Morgan fingerprint density at radius 1 is 1.07 bits per heavy atom. The molecule has 0 bridgehead atoms. The lowest BCUT2D eigenvalue weighted by Gasteiger charge is -2.26. The van der Waals surface area contributed by atoms with E-state index in [-0.39, 0.29) is 11.9 Å². The Kier molecular flexibility index (Phi) is 6.33. The highest BCUT2D eigenvalue weighted by Gasteiger charge is 2.30. The lowest BCUT2D eigenvalue weighted by atomic mass is 10.0. The van der Waals surface area contributed by atoms with E-state index in [0.29, 0.717) is 19.6 Å². The summed E-state index contributed by atoms with van der Waals surface area (Å²) in [6, 6.07) is 14.0. The van der Waals surface area contributed by atoms with Crippen molar-refractivity contribution in [3.05, 3.63) is 53.1 Å². The fourth-order valence-electron chi connectivity index (χ4n) is 3.73. The third kappa shape index (κ3) is 4.58. The van der Waals surface area contributed by atoms with Crippen molar-refractivity contribution < 1.29 is 14.3 Å². The van der Waals surface area contributed by atoms with Gasteiger partial charge in [0.05, 0.1) is 19.3 Å². The molecule has 1 unspecified atom stereocenters. The molecule has 28 heavy (non-hydrogen) atoms. The first-order chi connectivity index (χ1) is 13.7. The zero-order chi connectivity index (χ0) is 19.3. The molecule has 2 aromatic rings. The lowest BCUT2D eigenvalue weighted by molar-refractivity contribution is -0.131. The van der Waals surface area contributed by atoms with Gasteiger partial charge in [-0.3, -0.25) is 4.79 Å². The maximum absolute atomic E-state index is 12.9. The minimum absolute atomic E-state index is 0.130. The highest BCUT2D eigenvalue weighted by Crippen LogP contribution is 2.38. The van der Waals surface area contributed by atoms with E-state index in [1.54, 1.807) is 11.8 Å². The van der Waals surface area contributed by atoms with Gasteiger partial charge in [-0.05, 0) is 54.8 Å². The van der Waals surface area contributed by atoms with Crippen LogP contribution in [0.25, 0.3) is 0 Å². The lowest BCUT2D eigenvalue weighted by Crippen LogP contribution is -2.30. The molecule has 1 fully saturated rings. The summed E-state index contributed by atoms with van der Waals surface area (Å²) in [6.45, 7) is 2.18. The van der Waals surface area contributed by atoms with Crippen molar-refractivity contribution in [1.29, 1.82) is 0 Å². The van der Waals surface area contributed by atoms with Crippen LogP contribution in [0.15, 0.2) is 47.4 Å². The van der Waals surface area contributed by atoms with Crippen molar-refractivity contribution in [1.82, 2.24) is 4.90 Å². The second kappa shape index (κ2) is 9.10. The van der Waals surface area contributed by atoms with Crippen LogP contribution >= 0.6 is 23.4 Å². The molecule has 0 N–H and O–H groups in total. The van der Waals surface area contributed by atoms with Gasteiger partial charge in [-0.1, -0.05) is 17.7 Å². The zero-order valence-electron chi connectivity index (χ0n) is 15.7. The summed E-state index contributed by atoms with van der Waals surface area (Å²) in [4.78, 5) is 16.0. The fraction of sp³-hybridized carbons (Fsp3) is 0.409. The molecule has 0 aromatic heterocycles. The maximum Gasteiger partial charge on any atom is 0.223 e. The number of ether oxygens (including phenoxy) is 2. The largest absolute Gasteiger partial charge is 0.490 e. The quantitative estimate of drug-likeness (QED) is 0.615. The predicted molar refractivity (Wildman–Crippen MR) is 113 cm³/mol. The normalized spacial score (nSPS) is 18.8. The molecule has 4 nitrogen and oxygen atoms in total. The van der Waals surface area contributed by atoms with Crippen LogP contribution in [0.2, 0.25) is 5.02 Å². The van der Waals surface area contributed by atoms with Crippen LogP contribution < -0.4 is 9.47 Å². The number of carbonyl (C=O) groups is 1. The van der Waals surface area contributed by atoms with Crippen molar-refractivity contribution in [2.24, 2.45) is 0 Å². The summed E-state index contributed by atoms with van der Waals surface area (Å²) in [5, 5.41) is 0.732. The Morgan fingerprint density at radius 2 is 1.86 bits per heavy atom. The standard InChI is InChI=1S/C22H24ClNO3S/c23-17-5-7-18(8-6-17)28-14-10-22(25)24-11-1-3-19(24)16-4-9-20-21(15-16)27-13-2-12-26-20/h4-9,15,19H,1-3,10-14H2. The van der Waals surface area contributed by atoms with Crippen molar-refractivity contribution in [3.8, 4) is 11.5 Å². The van der Waals surface area contributed by atoms with E-state index in [4.69, 9.17) is 21.1 Å². The third-order valence-electron chi connectivity index (χ3n) is 5.13. The minimum Gasteiger partial charge on any atom is -0.490 e. The van der Waals surface area contributed by atoms with E-state index in [1.807, 2.05) is 35.2 Å². The first-order valence-electron chi connectivity index (χ1n) is 9.78. The first-order valence-corrected chi connectivity index (χ1v) is 11.1. The van der Waals surface area contributed by atoms with E-state index >= 15 is 0 Å². The number of rotatable bonds is 5. The molecule has 4 rings (SSSR count). The average Bonchev–Trinajstić information content (AvgIpc) is 3.08. The van der Waals surface area contributed by atoms with Crippen molar-refractivity contribution >= 4 is 29.3 Å². The number of fused-ring (bicyclic) bond motifs is 1. The number of nitrogens with zero attached hydrogens (tertiary/aromatic N) is 1. The van der Waals surface area contributed by atoms with Gasteiger partial charge in [0, 0.05) is 35.1 Å². The van der Waals surface area contributed by atoms with Crippen LogP contribution in [0.5, 0.6) is 11.5 Å². The molecule has 2 heterocycles. The molecular weight excluding hydrogens is 394 g/mol. The van der Waals surface area contributed by atoms with Gasteiger partial charge in [-0.2, -0.15) is 0 Å². The van der Waals surface area contributed by atoms with Crippen LogP contribution in [0.3, 0.4) is 0 Å². The summed E-state index contributed by atoms with van der Waals surface area (Å²) < 4.78 is 11.6. The van der Waals surface area contributed by atoms with E-state index in [9.17, 15) is 4.79 Å². The van der Waals surface area contributed by atoms with Crippen LogP contribution in [-0.4, -0.2) is 36.3 Å². The molecule has 1 saturated heterocycles. The van der Waals surface area contributed by atoms with Gasteiger partial charge >= 0.3 is 0 Å². The van der Waals surface area contributed by atoms with Crippen LogP contribution in [0.1, 0.15) is 37.3 Å². The molecule has 148 valence electrons. The average molecular weight is 418 g/mol. The number of hydrogen-bond donors (Lipinski definition) is 0. The number of benzene rings is 2. The summed E-state index contributed by atoms with van der Waals surface area (Å²) in [5.74, 6) is 2.59. The van der Waals surface area contributed by atoms with Gasteiger partial charge in [0.2, 0.25) is 5.91 Å². The summed E-state index contributed by atoms with van der Waals surface area (Å²) in [5.41, 5.74) is 1.14. The highest BCUT2D eigenvalue weighted by atomic mass is 35.5. The Balaban J connectivity index is 1.38. The molecule has 1 amide bonds. The second-order valence-electron chi connectivity index (χ2n) is 7.05. The van der Waals surface area contributed by atoms with E-state index in [1.165, 1.54) is 0 Å². The Hall–Kier alpha value is -1.85. The highest BCUT2D eigenvalue weighted by molar-refractivity contribution is 7.99. The van der Waals surface area contributed by atoms with Crippen LogP contribution in [0, 0.1) is 0 Å². The van der Waals surface area contributed by atoms with E-state index in [0.717, 1.165) is 58.5 Å². The molecule has 1 atom stereocenters. The Bertz CT molecular complexity index is 827. The fourth-order valence-corrected chi connectivity index (χ4v) is 4.70. The molecule has 0 radical (unpaired) electrons. The number of halogens is 1. The second-order valence-corrected chi connectivity index (χ2v) is 8.66. The smallest absolute Gasteiger partial charge is 0.223 e. The summed E-state index contributed by atoms with van der Waals surface area (Å²) in [7, 11) is 0. The topological polar surface area (TPSA) is 38.8 Å². The molecule has 6 heteroatoms. The maximum atomic E-state index is 12.9. The van der Waals surface area contributed by atoms with Crippen LogP contribution in [0.4, 0.5) is 0 Å². The van der Waals surface area contributed by atoms with E-state index < -0.39 is 0 Å². The number of likely N-dealkylation sites (tertiary alicyclic amines) is 1. The summed E-state index contributed by atoms with van der Waals surface area (Å²) >= 11 is 7.61. The number of thioether (sulfide) groups is 1. The molecule has 0 aliphatic carbocycles. The number of carbonyl (C=O) groups excluding carboxylic acids is 1. The molecule has 0 saturated carbocycles.